The zero-order valence-electron chi connectivity index (χ0n) is 14.7. The van der Waals surface area contributed by atoms with Crippen molar-refractivity contribution >= 4 is 27.8 Å². The van der Waals surface area contributed by atoms with E-state index < -0.39 is 18.3 Å². The molecule has 0 aliphatic rings. The lowest BCUT2D eigenvalue weighted by Crippen LogP contribution is -2.34. The van der Waals surface area contributed by atoms with Gasteiger partial charge in [0.25, 0.3) is 0 Å². The maximum atomic E-state index is 12.3. The summed E-state index contributed by atoms with van der Waals surface area (Å²) < 4.78 is 10.9. The fraction of sp³-hybridized carbons (Fsp3) is 0.368. The van der Waals surface area contributed by atoms with Crippen molar-refractivity contribution in [1.82, 2.24) is 5.32 Å². The Morgan fingerprint density at radius 2 is 2.00 bits per heavy atom. The van der Waals surface area contributed by atoms with Crippen LogP contribution in [0, 0.1) is 13.8 Å². The van der Waals surface area contributed by atoms with Crippen molar-refractivity contribution in [3.05, 3.63) is 45.5 Å². The van der Waals surface area contributed by atoms with Gasteiger partial charge in [-0.15, -0.1) is 0 Å². The molecule has 0 saturated heterocycles. The smallest absolute Gasteiger partial charge is 0.339 e. The Hall–Kier alpha value is -2.64. The third-order valence-electron chi connectivity index (χ3n) is 4.52. The minimum atomic E-state index is -0.993. The molecule has 138 valence electrons. The third-order valence-corrected chi connectivity index (χ3v) is 4.52. The van der Waals surface area contributed by atoms with Crippen LogP contribution in [0.15, 0.2) is 32.0 Å². The van der Waals surface area contributed by atoms with Gasteiger partial charge in [-0.25, -0.2) is 4.79 Å². The standard InChI is InChI=1S/C19H21NO6/c1-10-9-25-16-6-17-15(5-14(10)16)11(2)13(19(24)26-17)3-4-18(23)20-7-12(22)8-21/h5-6,9,12,21-22H,3-4,7-8H2,1-2H3,(H,20,23). The van der Waals surface area contributed by atoms with Crippen molar-refractivity contribution in [3.63, 3.8) is 0 Å². The summed E-state index contributed by atoms with van der Waals surface area (Å²) in [4.78, 5) is 24.2. The second-order valence-corrected chi connectivity index (χ2v) is 6.40. The summed E-state index contributed by atoms with van der Waals surface area (Å²) in [6.45, 7) is 3.33. The van der Waals surface area contributed by atoms with E-state index in [-0.39, 0.29) is 25.3 Å². The minimum Gasteiger partial charge on any atom is -0.464 e. The van der Waals surface area contributed by atoms with Crippen molar-refractivity contribution in [2.75, 3.05) is 13.2 Å². The van der Waals surface area contributed by atoms with E-state index in [0.29, 0.717) is 16.7 Å². The SMILES string of the molecule is Cc1coc2cc3oc(=O)c(CCC(=O)NCC(O)CO)c(C)c3cc12. The first-order chi connectivity index (χ1) is 12.4. The fourth-order valence-electron chi connectivity index (χ4n) is 2.95. The molecule has 1 atom stereocenters. The van der Waals surface area contributed by atoms with Crippen LogP contribution in [-0.4, -0.2) is 35.4 Å². The van der Waals surface area contributed by atoms with E-state index in [1.807, 2.05) is 19.9 Å². The molecule has 3 N–H and O–H groups in total. The van der Waals surface area contributed by atoms with Crippen LogP contribution in [0.5, 0.6) is 0 Å². The Morgan fingerprint density at radius 3 is 2.73 bits per heavy atom. The van der Waals surface area contributed by atoms with Gasteiger partial charge in [0.05, 0.1) is 19.0 Å². The highest BCUT2D eigenvalue weighted by Crippen LogP contribution is 2.28. The van der Waals surface area contributed by atoms with Crippen molar-refractivity contribution in [2.24, 2.45) is 0 Å². The normalized spacial score (nSPS) is 12.6. The molecule has 0 fully saturated rings. The molecule has 0 radical (unpaired) electrons. The minimum absolute atomic E-state index is 0.0294. The average Bonchev–Trinajstić information content (AvgIpc) is 2.98. The van der Waals surface area contributed by atoms with Crippen LogP contribution in [-0.2, 0) is 11.2 Å². The summed E-state index contributed by atoms with van der Waals surface area (Å²) in [6.07, 6.45) is 0.978. The first-order valence-corrected chi connectivity index (χ1v) is 8.40. The first kappa shape index (κ1) is 18.2. The molecule has 26 heavy (non-hydrogen) atoms. The topological polar surface area (TPSA) is 113 Å². The van der Waals surface area contributed by atoms with Gasteiger partial charge in [0.15, 0.2) is 0 Å². The second kappa shape index (κ2) is 7.31. The lowest BCUT2D eigenvalue weighted by molar-refractivity contribution is -0.121. The highest BCUT2D eigenvalue weighted by molar-refractivity contribution is 5.96. The fourth-order valence-corrected chi connectivity index (χ4v) is 2.95. The maximum Gasteiger partial charge on any atom is 0.339 e. The molecule has 0 bridgehead atoms. The van der Waals surface area contributed by atoms with Gasteiger partial charge >= 0.3 is 5.63 Å². The molecule has 3 aromatic rings. The highest BCUT2D eigenvalue weighted by Gasteiger charge is 2.15. The summed E-state index contributed by atoms with van der Waals surface area (Å²) in [7, 11) is 0. The Morgan fingerprint density at radius 1 is 1.23 bits per heavy atom. The van der Waals surface area contributed by atoms with Crippen LogP contribution in [0.25, 0.3) is 21.9 Å². The quantitative estimate of drug-likeness (QED) is 0.576. The number of amides is 1. The second-order valence-electron chi connectivity index (χ2n) is 6.40. The number of aryl methyl sites for hydroxylation is 2. The van der Waals surface area contributed by atoms with E-state index in [9.17, 15) is 14.7 Å². The van der Waals surface area contributed by atoms with E-state index in [1.165, 1.54) is 0 Å². The van der Waals surface area contributed by atoms with Crippen molar-refractivity contribution in [3.8, 4) is 0 Å². The summed E-state index contributed by atoms with van der Waals surface area (Å²) in [5.74, 6) is -0.308. The number of benzene rings is 1. The highest BCUT2D eigenvalue weighted by atomic mass is 16.4. The van der Waals surface area contributed by atoms with Gasteiger partial charge in [-0.1, -0.05) is 0 Å². The van der Waals surface area contributed by atoms with Crippen LogP contribution in [0.4, 0.5) is 0 Å². The molecule has 0 aliphatic carbocycles. The zero-order valence-corrected chi connectivity index (χ0v) is 14.7. The maximum absolute atomic E-state index is 12.3. The number of aliphatic hydroxyl groups excluding tert-OH is 2. The van der Waals surface area contributed by atoms with Crippen LogP contribution >= 0.6 is 0 Å². The zero-order chi connectivity index (χ0) is 18.8. The monoisotopic (exact) mass is 359 g/mol. The molecule has 1 aromatic carbocycles. The Labute approximate surface area is 149 Å². The molecule has 1 unspecified atom stereocenters. The van der Waals surface area contributed by atoms with E-state index in [2.05, 4.69) is 5.32 Å². The lowest BCUT2D eigenvalue weighted by Gasteiger charge is -2.10. The summed E-state index contributed by atoms with van der Waals surface area (Å²) in [5, 5.41) is 22.3. The summed E-state index contributed by atoms with van der Waals surface area (Å²) >= 11 is 0. The molecule has 3 rings (SSSR count). The van der Waals surface area contributed by atoms with Crippen molar-refractivity contribution in [1.29, 1.82) is 0 Å². The third kappa shape index (κ3) is 3.49. The van der Waals surface area contributed by atoms with Gasteiger partial charge in [0, 0.05) is 35.4 Å². The van der Waals surface area contributed by atoms with Crippen LogP contribution < -0.4 is 10.9 Å². The Balaban J connectivity index is 1.86. The molecule has 7 heteroatoms. The Kier molecular flexibility index (Phi) is 5.11. The van der Waals surface area contributed by atoms with Gasteiger partial charge in [-0.3, -0.25) is 4.79 Å². The number of hydrogen-bond donors (Lipinski definition) is 3. The van der Waals surface area contributed by atoms with Crippen LogP contribution in [0.3, 0.4) is 0 Å². The van der Waals surface area contributed by atoms with Gasteiger partial charge in [-0.2, -0.15) is 0 Å². The summed E-state index contributed by atoms with van der Waals surface area (Å²) in [6, 6.07) is 3.64. The van der Waals surface area contributed by atoms with Gasteiger partial charge < -0.3 is 24.4 Å². The van der Waals surface area contributed by atoms with Crippen LogP contribution in [0.2, 0.25) is 0 Å². The Bertz CT molecular complexity index is 1020. The number of hydrogen-bond acceptors (Lipinski definition) is 6. The average molecular weight is 359 g/mol. The number of carbonyl (C=O) groups excluding carboxylic acids is 1. The van der Waals surface area contributed by atoms with Gasteiger partial charge in [0.2, 0.25) is 5.91 Å². The molecule has 0 spiro atoms. The molecule has 2 aromatic heterocycles. The predicted molar refractivity (Wildman–Crippen MR) is 96.2 cm³/mol. The van der Waals surface area contributed by atoms with Crippen molar-refractivity contribution in [2.45, 2.75) is 32.8 Å². The lowest BCUT2D eigenvalue weighted by atomic mass is 10.0. The number of furan rings is 1. The van der Waals surface area contributed by atoms with E-state index in [4.69, 9.17) is 13.9 Å². The van der Waals surface area contributed by atoms with Gasteiger partial charge in [-0.05, 0) is 37.5 Å². The summed E-state index contributed by atoms with van der Waals surface area (Å²) in [5.41, 5.74) is 2.87. The molecular formula is C19H21NO6. The number of aliphatic hydroxyl groups is 2. The first-order valence-electron chi connectivity index (χ1n) is 8.40. The van der Waals surface area contributed by atoms with Crippen molar-refractivity contribution < 1.29 is 23.8 Å². The predicted octanol–water partition coefficient (Wildman–Crippen LogP) is 1.56. The molecule has 0 aliphatic heterocycles. The number of nitrogens with one attached hydrogen (secondary N) is 1. The van der Waals surface area contributed by atoms with E-state index in [1.54, 1.807) is 12.3 Å². The van der Waals surface area contributed by atoms with E-state index in [0.717, 1.165) is 21.9 Å². The van der Waals surface area contributed by atoms with Gasteiger partial charge in [0.1, 0.15) is 11.2 Å². The molecule has 0 saturated carbocycles. The largest absolute Gasteiger partial charge is 0.464 e. The molecule has 7 nitrogen and oxygen atoms in total. The molecule has 1 amide bonds. The number of carbonyl (C=O) groups is 1. The number of rotatable bonds is 6. The van der Waals surface area contributed by atoms with Crippen LogP contribution in [0.1, 0.15) is 23.1 Å². The van der Waals surface area contributed by atoms with E-state index >= 15 is 0 Å². The molecular weight excluding hydrogens is 338 g/mol. The number of fused-ring (bicyclic) bond motifs is 2. The molecule has 2 heterocycles.